The van der Waals surface area contributed by atoms with E-state index in [9.17, 15) is 87.5 Å². The molecule has 12 atom stereocenters. The van der Waals surface area contributed by atoms with Crippen LogP contribution < -0.4 is 64.2 Å². The molecule has 2 heterocycles. The Bertz CT molecular complexity index is 3500. The third-order valence-corrected chi connectivity index (χ3v) is 16.6. The van der Waals surface area contributed by atoms with Gasteiger partial charge >= 0.3 is 11.9 Å². The number of aliphatic carboxylic acids is 2. The Morgan fingerprint density at radius 3 is 1.55 bits per heavy atom. The fourth-order valence-corrected chi connectivity index (χ4v) is 11.0. The Morgan fingerprint density at radius 2 is 1.00 bits per heavy atom. The Labute approximate surface area is 581 Å². The lowest BCUT2D eigenvalue weighted by atomic mass is 10.00. The van der Waals surface area contributed by atoms with Crippen molar-refractivity contribution in [2.45, 2.75) is 152 Å². The van der Waals surface area contributed by atoms with Crippen LogP contribution in [0.4, 0.5) is 0 Å². The number of aromatic nitrogens is 1. The molecule has 0 bridgehead atoms. The molecule has 0 aliphatic carbocycles. The van der Waals surface area contributed by atoms with Crippen molar-refractivity contribution in [3.8, 4) is 0 Å². The number of hydrogen-bond acceptors (Lipinski definition) is 19. The van der Waals surface area contributed by atoms with E-state index in [0.29, 0.717) is 23.1 Å². The van der Waals surface area contributed by atoms with Crippen LogP contribution >= 0.6 is 25.3 Å². The first kappa shape index (κ1) is 80.0. The Hall–Kier alpha value is -9.64. The molecule has 1 aliphatic heterocycles. The van der Waals surface area contributed by atoms with Gasteiger partial charge in [0.05, 0.1) is 19.8 Å². The molecule has 1 aliphatic rings. The van der Waals surface area contributed by atoms with Gasteiger partial charge in [-0.3, -0.25) is 62.3 Å². The molecule has 0 unspecified atom stereocenters. The summed E-state index contributed by atoms with van der Waals surface area (Å²) in [4.78, 5) is 192. The van der Waals surface area contributed by atoms with Gasteiger partial charge in [0.2, 0.25) is 70.9 Å². The van der Waals surface area contributed by atoms with Gasteiger partial charge in [0.15, 0.2) is 0 Å². The molecule has 1 fully saturated rings. The first-order valence-electron chi connectivity index (χ1n) is 31.9. The SMILES string of the molecule is CC(C)C[C@H](NC(=O)[C@H](Cc1ccccc1)NC(=O)[C@H](Cc1c[nH]c2ccccc12)NC(=O)CNC(=O)[C@@H]1CCCN1C(=O)[C@H](CS)NC(=O)[C@H](C)NC(=O)[C@H](C)NC(=O)[C@H](CO)NC(=O)[C@H](CCC(=O)O)NC(=O)[C@H](Cc1ccccc1)NC(=O)[C@@H](N)CO)C(=O)N[C@@H](CS)C(=O)O. The van der Waals surface area contributed by atoms with Gasteiger partial charge in [-0.15, -0.1) is 0 Å². The molecule has 32 nitrogen and oxygen atoms in total. The molecule has 34 heteroatoms. The van der Waals surface area contributed by atoms with Gasteiger partial charge in [-0.1, -0.05) is 92.7 Å². The molecule has 0 radical (unpaired) electrons. The van der Waals surface area contributed by atoms with Crippen molar-refractivity contribution in [1.29, 1.82) is 0 Å². The van der Waals surface area contributed by atoms with E-state index >= 15 is 0 Å². The average molecular weight is 1420 g/mol. The van der Waals surface area contributed by atoms with Crippen molar-refractivity contribution in [3.63, 3.8) is 0 Å². The third kappa shape index (κ3) is 25.0. The van der Waals surface area contributed by atoms with Crippen LogP contribution in [0.2, 0.25) is 0 Å². The molecule has 0 saturated carbocycles. The predicted octanol–water partition coefficient (Wildman–Crippen LogP) is -3.64. The number of likely N-dealkylation sites (tertiary alicyclic amines) is 1. The van der Waals surface area contributed by atoms with E-state index in [0.717, 1.165) is 10.9 Å². The maximum atomic E-state index is 14.6. The number of fused-ring (bicyclic) bond motifs is 1. The minimum Gasteiger partial charge on any atom is -0.481 e. The number of hydrogen-bond donors (Lipinski definition) is 19. The van der Waals surface area contributed by atoms with Crippen LogP contribution in [0.1, 0.15) is 76.5 Å². The minimum absolute atomic E-state index is 0.0439. The van der Waals surface area contributed by atoms with E-state index in [-0.39, 0.29) is 56.1 Å². The summed E-state index contributed by atoms with van der Waals surface area (Å²) >= 11 is 8.30. The standard InChI is InChI=1S/C65H88N14O18S2/c1-34(2)24-44(58(89)78-50(33-99)65(96)97)74-60(91)46(26-38-16-9-6-10-17-38)75-61(92)47(27-39-28-67-42-19-12-11-18-40(39)42)71-52(82)29-68-63(94)51-20-13-23-79(51)64(95)49(32-98)77-55(86)36(4)69-54(85)35(3)70-62(93)48(31-81)76-57(88)43(21-22-53(83)84)72-59(90)45(73-56(87)41(66)30-80)25-37-14-7-5-8-15-37/h5-12,14-19,28,34-36,41,43-51,67,80-81,98-99H,13,20-27,29-33,66H2,1-4H3,(H,68,94)(H,69,85)(H,70,93)(H,71,82)(H,72,90)(H,73,87)(H,74,91)(H,75,92)(H,76,88)(H,77,86)(H,78,89)(H,83,84)(H,96,97)/t35-,36-,41-,43-,44-,45-,46-,47-,48-,49-,50-,51-/m0/s1. The lowest BCUT2D eigenvalue weighted by Crippen LogP contribution is -2.60. The van der Waals surface area contributed by atoms with E-state index in [4.69, 9.17) is 5.73 Å². The zero-order chi connectivity index (χ0) is 73.0. The molecular weight excluding hydrogens is 1330 g/mol. The van der Waals surface area contributed by atoms with Crippen molar-refractivity contribution in [2.24, 2.45) is 11.7 Å². The van der Waals surface area contributed by atoms with Crippen molar-refractivity contribution < 1.29 is 87.5 Å². The number of thiol groups is 2. The topological polar surface area (TPSA) is 497 Å². The highest BCUT2D eigenvalue weighted by atomic mass is 32.1. The van der Waals surface area contributed by atoms with Crippen LogP contribution in [0.25, 0.3) is 10.9 Å². The summed E-state index contributed by atoms with van der Waals surface area (Å²) in [7, 11) is 0. The van der Waals surface area contributed by atoms with E-state index in [1.54, 1.807) is 105 Å². The first-order valence-corrected chi connectivity index (χ1v) is 33.2. The number of carboxylic acid groups (broad SMARTS) is 2. The molecule has 0 spiro atoms. The molecule has 18 N–H and O–H groups in total. The number of benzene rings is 3. The highest BCUT2D eigenvalue weighted by Gasteiger charge is 2.40. The quantitative estimate of drug-likeness (QED) is 0.0192. The molecule has 12 amide bonds. The largest absolute Gasteiger partial charge is 0.481 e. The number of carbonyl (C=O) groups is 14. The van der Waals surface area contributed by atoms with Crippen molar-refractivity contribution >= 4 is 119 Å². The summed E-state index contributed by atoms with van der Waals surface area (Å²) in [5.74, 6) is -14.2. The van der Waals surface area contributed by atoms with E-state index < -0.39 is 188 Å². The van der Waals surface area contributed by atoms with Crippen LogP contribution in [-0.4, -0.2) is 223 Å². The molecule has 1 aromatic heterocycles. The summed E-state index contributed by atoms with van der Waals surface area (Å²) in [6.07, 6.45) is 0.674. The van der Waals surface area contributed by atoms with Gasteiger partial charge in [-0.2, -0.15) is 25.3 Å². The molecular formula is C65H88N14O18S2. The predicted molar refractivity (Wildman–Crippen MR) is 365 cm³/mol. The Balaban J connectivity index is 1.20. The van der Waals surface area contributed by atoms with Crippen LogP contribution in [0.15, 0.2) is 91.1 Å². The van der Waals surface area contributed by atoms with Gasteiger partial charge in [-0.05, 0) is 68.2 Å². The van der Waals surface area contributed by atoms with Crippen LogP contribution in [0.5, 0.6) is 0 Å². The zero-order valence-electron chi connectivity index (χ0n) is 55.0. The average Bonchev–Trinajstić information content (AvgIpc) is 1.78. The third-order valence-electron chi connectivity index (χ3n) is 15.9. The molecule has 538 valence electrons. The number of amides is 12. The van der Waals surface area contributed by atoms with E-state index in [1.165, 1.54) is 18.7 Å². The van der Waals surface area contributed by atoms with Gasteiger partial charge < -0.3 is 94.5 Å². The Morgan fingerprint density at radius 1 is 0.535 bits per heavy atom. The second-order valence-corrected chi connectivity index (χ2v) is 24.8. The number of carboxylic acids is 2. The lowest BCUT2D eigenvalue weighted by Gasteiger charge is -2.29. The summed E-state index contributed by atoms with van der Waals surface area (Å²) in [5.41, 5.74) is 8.14. The Kier molecular flexibility index (Phi) is 32.1. The van der Waals surface area contributed by atoms with Crippen molar-refractivity contribution in [3.05, 3.63) is 108 Å². The number of nitrogens with one attached hydrogen (secondary N) is 12. The first-order chi connectivity index (χ1) is 47.1. The second-order valence-electron chi connectivity index (χ2n) is 24.1. The van der Waals surface area contributed by atoms with Crippen LogP contribution in [-0.2, 0) is 86.4 Å². The second kappa shape index (κ2) is 39.7. The molecule has 1 saturated heterocycles. The van der Waals surface area contributed by atoms with Gasteiger partial charge in [-0.25, -0.2) is 4.79 Å². The van der Waals surface area contributed by atoms with Crippen LogP contribution in [0.3, 0.4) is 0 Å². The van der Waals surface area contributed by atoms with Gasteiger partial charge in [0, 0.05) is 60.8 Å². The summed E-state index contributed by atoms with van der Waals surface area (Å²) in [6, 6.07) is 7.13. The fraction of sp³-hybridized carbons (Fsp3) is 0.477. The van der Waals surface area contributed by atoms with Crippen LogP contribution in [0, 0.1) is 5.92 Å². The molecule has 5 rings (SSSR count). The monoisotopic (exact) mass is 1420 g/mol. The van der Waals surface area contributed by atoms with Gasteiger partial charge in [0.25, 0.3) is 0 Å². The zero-order valence-corrected chi connectivity index (χ0v) is 56.8. The maximum Gasteiger partial charge on any atom is 0.327 e. The highest BCUT2D eigenvalue weighted by Crippen LogP contribution is 2.21. The fourth-order valence-electron chi connectivity index (χ4n) is 10.5. The number of para-hydroxylation sites is 1. The number of carbonyl (C=O) groups excluding carboxylic acids is 12. The minimum atomic E-state index is -1.79. The number of nitrogens with two attached hydrogens (primary N) is 1. The van der Waals surface area contributed by atoms with Crippen molar-refractivity contribution in [2.75, 3.05) is 37.8 Å². The van der Waals surface area contributed by atoms with E-state index in [1.807, 2.05) is 0 Å². The number of aliphatic hydroxyl groups is 2. The number of aromatic amines is 1. The summed E-state index contributed by atoms with van der Waals surface area (Å²) in [6.45, 7) is 3.56. The lowest BCUT2D eigenvalue weighted by molar-refractivity contribution is -0.141. The summed E-state index contributed by atoms with van der Waals surface area (Å²) in [5, 5.41) is 66.5. The molecule has 3 aromatic carbocycles. The smallest absolute Gasteiger partial charge is 0.327 e. The molecule has 99 heavy (non-hydrogen) atoms. The number of nitrogens with zero attached hydrogens (tertiary/aromatic N) is 1. The molecule has 4 aromatic rings. The van der Waals surface area contributed by atoms with E-state index in [2.05, 4.69) is 88.7 Å². The normalized spacial score (nSPS) is 16.0. The van der Waals surface area contributed by atoms with Gasteiger partial charge in [0.1, 0.15) is 72.5 Å². The number of rotatable bonds is 39. The number of H-pyrrole nitrogens is 1. The summed E-state index contributed by atoms with van der Waals surface area (Å²) < 4.78 is 0. The maximum absolute atomic E-state index is 14.6. The van der Waals surface area contributed by atoms with Crippen molar-refractivity contribution in [1.82, 2.24) is 68.4 Å². The number of aliphatic hydroxyl groups excluding tert-OH is 2. The highest BCUT2D eigenvalue weighted by molar-refractivity contribution is 7.80.